The number of aryl methyl sites for hydroxylation is 1. The lowest BCUT2D eigenvalue weighted by molar-refractivity contribution is -0.113. The number of rotatable bonds is 6. The number of aromatic carboxylic acids is 2. The van der Waals surface area contributed by atoms with E-state index in [1.54, 1.807) is 11.6 Å². The molecular formula is C13H12N4O5S. The van der Waals surface area contributed by atoms with Crippen molar-refractivity contribution in [3.63, 3.8) is 0 Å². The van der Waals surface area contributed by atoms with E-state index in [1.807, 2.05) is 0 Å². The Morgan fingerprint density at radius 3 is 2.26 bits per heavy atom. The Labute approximate surface area is 134 Å². The van der Waals surface area contributed by atoms with Crippen LogP contribution in [0.2, 0.25) is 0 Å². The SMILES string of the molecule is Cn1cnnc1SCC(=O)Nc1cc(C(=O)O)cc(C(=O)O)c1. The number of aromatic nitrogens is 3. The molecule has 2 aromatic rings. The van der Waals surface area contributed by atoms with Gasteiger partial charge >= 0.3 is 11.9 Å². The van der Waals surface area contributed by atoms with E-state index in [4.69, 9.17) is 10.2 Å². The molecule has 0 aliphatic rings. The van der Waals surface area contributed by atoms with Crippen LogP contribution >= 0.6 is 11.8 Å². The standard InChI is InChI=1S/C13H12N4O5S/c1-17-6-14-16-13(17)23-5-10(18)15-9-3-7(11(19)20)2-8(4-9)12(21)22/h2-4,6H,5H2,1H3,(H,15,18)(H,19,20)(H,21,22). The molecule has 0 bridgehead atoms. The second-order valence-corrected chi connectivity index (χ2v) is 5.41. The molecule has 1 amide bonds. The summed E-state index contributed by atoms with van der Waals surface area (Å²) in [5.41, 5.74) is -0.340. The molecule has 0 saturated carbocycles. The monoisotopic (exact) mass is 336 g/mol. The van der Waals surface area contributed by atoms with Gasteiger partial charge in [0.15, 0.2) is 5.16 Å². The quantitative estimate of drug-likeness (QED) is 0.663. The summed E-state index contributed by atoms with van der Waals surface area (Å²) in [4.78, 5) is 33.9. The minimum atomic E-state index is -1.28. The molecule has 0 spiro atoms. The molecule has 1 aromatic heterocycles. The van der Waals surface area contributed by atoms with Gasteiger partial charge in [-0.3, -0.25) is 4.79 Å². The van der Waals surface area contributed by atoms with E-state index in [0.717, 1.165) is 17.8 Å². The number of nitrogens with zero attached hydrogens (tertiary/aromatic N) is 3. The van der Waals surface area contributed by atoms with Crippen molar-refractivity contribution in [2.75, 3.05) is 11.1 Å². The maximum Gasteiger partial charge on any atom is 0.335 e. The minimum Gasteiger partial charge on any atom is -0.478 e. The van der Waals surface area contributed by atoms with Crippen LogP contribution in [0.15, 0.2) is 29.7 Å². The van der Waals surface area contributed by atoms with Gasteiger partial charge in [-0.2, -0.15) is 0 Å². The predicted molar refractivity (Wildman–Crippen MR) is 80.7 cm³/mol. The lowest BCUT2D eigenvalue weighted by Gasteiger charge is -2.07. The van der Waals surface area contributed by atoms with E-state index in [0.29, 0.717) is 5.16 Å². The number of carbonyl (C=O) groups excluding carboxylic acids is 1. The van der Waals surface area contributed by atoms with E-state index in [-0.39, 0.29) is 22.6 Å². The van der Waals surface area contributed by atoms with Crippen molar-refractivity contribution >= 4 is 35.3 Å². The predicted octanol–water partition coefficient (Wildman–Crippen LogP) is 0.942. The molecule has 0 saturated heterocycles. The molecule has 120 valence electrons. The van der Waals surface area contributed by atoms with Gasteiger partial charge in [-0.1, -0.05) is 11.8 Å². The van der Waals surface area contributed by atoms with Gasteiger partial charge in [-0.25, -0.2) is 9.59 Å². The third-order valence-electron chi connectivity index (χ3n) is 2.71. The van der Waals surface area contributed by atoms with Crippen LogP contribution in [0.3, 0.4) is 0 Å². The normalized spacial score (nSPS) is 10.3. The zero-order valence-corrected chi connectivity index (χ0v) is 12.7. The van der Waals surface area contributed by atoms with Crippen molar-refractivity contribution in [2.45, 2.75) is 5.16 Å². The van der Waals surface area contributed by atoms with E-state index in [2.05, 4.69) is 15.5 Å². The average Bonchev–Trinajstić information content (AvgIpc) is 2.90. The number of hydrogen-bond donors (Lipinski definition) is 3. The van der Waals surface area contributed by atoms with Crippen molar-refractivity contribution in [3.05, 3.63) is 35.7 Å². The van der Waals surface area contributed by atoms with Crippen molar-refractivity contribution in [1.29, 1.82) is 0 Å². The van der Waals surface area contributed by atoms with E-state index >= 15 is 0 Å². The molecule has 0 fully saturated rings. The summed E-state index contributed by atoms with van der Waals surface area (Å²) in [5.74, 6) is -2.96. The van der Waals surface area contributed by atoms with Gasteiger partial charge in [0.2, 0.25) is 5.91 Å². The van der Waals surface area contributed by atoms with Gasteiger partial charge in [0, 0.05) is 12.7 Å². The van der Waals surface area contributed by atoms with Crippen LogP contribution in [0.4, 0.5) is 5.69 Å². The first-order valence-corrected chi connectivity index (χ1v) is 7.23. The molecule has 1 heterocycles. The van der Waals surface area contributed by atoms with Crippen molar-refractivity contribution in [1.82, 2.24) is 14.8 Å². The maximum absolute atomic E-state index is 11.9. The third kappa shape index (κ3) is 4.30. The fraction of sp³-hybridized carbons (Fsp3) is 0.154. The fourth-order valence-electron chi connectivity index (χ4n) is 1.68. The summed E-state index contributed by atoms with van der Waals surface area (Å²) in [6.45, 7) is 0. The highest BCUT2D eigenvalue weighted by Crippen LogP contribution is 2.17. The Balaban J connectivity index is 2.09. The van der Waals surface area contributed by atoms with Crippen molar-refractivity contribution in [3.8, 4) is 0 Å². The minimum absolute atomic E-state index is 0.0201. The lowest BCUT2D eigenvalue weighted by atomic mass is 10.1. The number of carbonyl (C=O) groups is 3. The number of hydrogen-bond acceptors (Lipinski definition) is 6. The molecular weight excluding hydrogens is 324 g/mol. The van der Waals surface area contributed by atoms with Gasteiger partial charge in [0.05, 0.1) is 16.9 Å². The number of amides is 1. The van der Waals surface area contributed by atoms with Gasteiger partial charge in [-0.15, -0.1) is 10.2 Å². The second-order valence-electron chi connectivity index (χ2n) is 4.47. The Hall–Kier alpha value is -2.88. The first-order valence-electron chi connectivity index (χ1n) is 6.25. The molecule has 0 atom stereocenters. The van der Waals surface area contributed by atoms with Crippen molar-refractivity contribution in [2.24, 2.45) is 7.05 Å². The van der Waals surface area contributed by atoms with Crippen LogP contribution in [-0.4, -0.2) is 48.6 Å². The zero-order valence-electron chi connectivity index (χ0n) is 11.9. The Morgan fingerprint density at radius 2 is 1.78 bits per heavy atom. The van der Waals surface area contributed by atoms with Crippen LogP contribution < -0.4 is 5.32 Å². The number of carboxylic acid groups (broad SMARTS) is 2. The molecule has 2 rings (SSSR count). The van der Waals surface area contributed by atoms with Gasteiger partial charge in [0.25, 0.3) is 0 Å². The van der Waals surface area contributed by atoms with E-state index in [9.17, 15) is 14.4 Å². The van der Waals surface area contributed by atoms with Crippen LogP contribution in [0.1, 0.15) is 20.7 Å². The first kappa shape index (κ1) is 16.5. The zero-order chi connectivity index (χ0) is 17.0. The van der Waals surface area contributed by atoms with Gasteiger partial charge in [0.1, 0.15) is 6.33 Å². The average molecular weight is 336 g/mol. The molecule has 0 unspecified atom stereocenters. The molecule has 0 aliphatic carbocycles. The number of carboxylic acids is 2. The van der Waals surface area contributed by atoms with E-state index in [1.165, 1.54) is 18.5 Å². The van der Waals surface area contributed by atoms with Crippen LogP contribution in [-0.2, 0) is 11.8 Å². The van der Waals surface area contributed by atoms with Gasteiger partial charge < -0.3 is 20.1 Å². The van der Waals surface area contributed by atoms with E-state index < -0.39 is 17.8 Å². The summed E-state index contributed by atoms with van der Waals surface area (Å²) in [5, 5.41) is 28.5. The largest absolute Gasteiger partial charge is 0.478 e. The topological polar surface area (TPSA) is 134 Å². The summed E-state index contributed by atoms with van der Waals surface area (Å²) in [7, 11) is 1.73. The van der Waals surface area contributed by atoms with Crippen molar-refractivity contribution < 1.29 is 24.6 Å². The lowest BCUT2D eigenvalue weighted by Crippen LogP contribution is -2.15. The van der Waals surface area contributed by atoms with Crippen LogP contribution in [0.25, 0.3) is 0 Å². The smallest absolute Gasteiger partial charge is 0.335 e. The second kappa shape index (κ2) is 6.92. The van der Waals surface area contributed by atoms with Crippen LogP contribution in [0, 0.1) is 0 Å². The maximum atomic E-state index is 11.9. The first-order chi connectivity index (χ1) is 10.9. The fourth-order valence-corrected chi connectivity index (χ4v) is 2.37. The molecule has 0 radical (unpaired) electrons. The number of benzene rings is 1. The Morgan fingerprint density at radius 1 is 1.17 bits per heavy atom. The summed E-state index contributed by atoms with van der Waals surface area (Å²) in [6, 6.07) is 3.41. The molecule has 3 N–H and O–H groups in total. The molecule has 10 heteroatoms. The highest BCUT2D eigenvalue weighted by Gasteiger charge is 2.13. The summed E-state index contributed by atoms with van der Waals surface area (Å²) >= 11 is 1.15. The summed E-state index contributed by atoms with van der Waals surface area (Å²) < 4.78 is 1.64. The van der Waals surface area contributed by atoms with Gasteiger partial charge in [-0.05, 0) is 18.2 Å². The Kier molecular flexibility index (Phi) is 4.96. The Bertz CT molecular complexity index is 741. The number of anilines is 1. The molecule has 0 aliphatic heterocycles. The summed E-state index contributed by atoms with van der Waals surface area (Å²) in [6.07, 6.45) is 1.50. The van der Waals surface area contributed by atoms with Crippen LogP contribution in [0.5, 0.6) is 0 Å². The number of nitrogens with one attached hydrogen (secondary N) is 1. The molecule has 1 aromatic carbocycles. The molecule has 9 nitrogen and oxygen atoms in total. The highest BCUT2D eigenvalue weighted by atomic mass is 32.2. The molecule has 23 heavy (non-hydrogen) atoms. The third-order valence-corrected chi connectivity index (χ3v) is 3.75. The number of thioether (sulfide) groups is 1. The highest BCUT2D eigenvalue weighted by molar-refractivity contribution is 7.99.